The molecule has 1 aromatic carbocycles. The van der Waals surface area contributed by atoms with Crippen LogP contribution in [0, 0.1) is 17.0 Å². The second kappa shape index (κ2) is 4.69. The zero-order valence-electron chi connectivity index (χ0n) is 9.88. The summed E-state index contributed by atoms with van der Waals surface area (Å²) in [6, 6.07) is 1.91. The fraction of sp³-hybridized carbons (Fsp3) is 0.417. The molecule has 1 N–H and O–H groups in total. The molecule has 0 bridgehead atoms. The summed E-state index contributed by atoms with van der Waals surface area (Å²) in [4.78, 5) is 11.0. The smallest absolute Gasteiger partial charge is 0.309 e. The van der Waals surface area contributed by atoms with Gasteiger partial charge in [0.15, 0.2) is 11.6 Å². The van der Waals surface area contributed by atoms with E-state index in [1.54, 1.807) is 0 Å². The number of methoxy groups -OCH3 is 1. The first kappa shape index (κ1) is 13.4. The summed E-state index contributed by atoms with van der Waals surface area (Å²) in [6.45, 7) is 2.89. The Labute approximate surface area is 98.0 Å². The molecule has 0 saturated carbocycles. The number of hydrogen-bond donors (Lipinski definition) is 1. The number of carbonyl (C=O) groups is 1. The van der Waals surface area contributed by atoms with Crippen LogP contribution in [0.3, 0.4) is 0 Å². The van der Waals surface area contributed by atoms with Gasteiger partial charge in [0.05, 0.1) is 12.5 Å². The van der Waals surface area contributed by atoms with Crippen molar-refractivity contribution in [3.8, 4) is 5.75 Å². The summed E-state index contributed by atoms with van der Waals surface area (Å²) < 4.78 is 31.7. The highest BCUT2D eigenvalue weighted by atomic mass is 19.1. The number of benzene rings is 1. The molecule has 0 aliphatic carbocycles. The highest BCUT2D eigenvalue weighted by Gasteiger charge is 2.31. The third-order valence-corrected chi connectivity index (χ3v) is 2.56. The number of rotatable bonds is 4. The molecular weight excluding hydrogens is 230 g/mol. The Morgan fingerprint density at radius 1 is 1.35 bits per heavy atom. The van der Waals surface area contributed by atoms with Gasteiger partial charge in [-0.15, -0.1) is 0 Å². The van der Waals surface area contributed by atoms with Crippen LogP contribution in [0.15, 0.2) is 12.1 Å². The van der Waals surface area contributed by atoms with Crippen LogP contribution in [0.4, 0.5) is 8.78 Å². The molecule has 0 aromatic heterocycles. The lowest BCUT2D eigenvalue weighted by Gasteiger charge is -2.21. The molecule has 0 heterocycles. The van der Waals surface area contributed by atoms with Crippen molar-refractivity contribution in [2.45, 2.75) is 20.3 Å². The zero-order chi connectivity index (χ0) is 13.2. The first-order chi connectivity index (χ1) is 7.79. The predicted octanol–water partition coefficient (Wildman–Crippen LogP) is 2.63. The van der Waals surface area contributed by atoms with Gasteiger partial charge in [-0.25, -0.2) is 8.78 Å². The number of carboxylic acid groups (broad SMARTS) is 1. The third-order valence-electron chi connectivity index (χ3n) is 2.56. The summed E-state index contributed by atoms with van der Waals surface area (Å²) in [5.41, 5.74) is -1.25. The number of hydrogen-bond acceptors (Lipinski definition) is 2. The largest absolute Gasteiger partial charge is 0.493 e. The number of aliphatic carboxylic acids is 1. The van der Waals surface area contributed by atoms with E-state index >= 15 is 0 Å². The van der Waals surface area contributed by atoms with Crippen LogP contribution in [0.1, 0.15) is 19.4 Å². The summed E-state index contributed by atoms with van der Waals surface area (Å²) in [5, 5.41) is 8.97. The van der Waals surface area contributed by atoms with Gasteiger partial charge in [0.1, 0.15) is 5.82 Å². The van der Waals surface area contributed by atoms with E-state index in [-0.39, 0.29) is 17.7 Å². The molecule has 94 valence electrons. The number of carboxylic acids is 1. The van der Waals surface area contributed by atoms with Crippen molar-refractivity contribution in [2.24, 2.45) is 5.41 Å². The molecule has 17 heavy (non-hydrogen) atoms. The van der Waals surface area contributed by atoms with E-state index in [1.807, 2.05) is 0 Å². The molecule has 0 fully saturated rings. The Morgan fingerprint density at radius 3 is 2.35 bits per heavy atom. The van der Waals surface area contributed by atoms with Crippen LogP contribution < -0.4 is 4.74 Å². The Morgan fingerprint density at radius 2 is 1.88 bits per heavy atom. The average molecular weight is 244 g/mol. The molecule has 0 atom stereocenters. The minimum atomic E-state index is -1.19. The summed E-state index contributed by atoms with van der Waals surface area (Å²) >= 11 is 0. The topological polar surface area (TPSA) is 46.5 Å². The maximum atomic E-state index is 13.6. The van der Waals surface area contributed by atoms with Crippen molar-refractivity contribution in [3.63, 3.8) is 0 Å². The minimum Gasteiger partial charge on any atom is -0.493 e. The quantitative estimate of drug-likeness (QED) is 0.885. The molecule has 0 saturated heterocycles. The van der Waals surface area contributed by atoms with Crippen LogP contribution in [0.25, 0.3) is 0 Å². The van der Waals surface area contributed by atoms with Gasteiger partial charge in [0.25, 0.3) is 0 Å². The first-order valence-corrected chi connectivity index (χ1v) is 5.04. The molecule has 0 amide bonds. The molecule has 1 aromatic rings. The maximum absolute atomic E-state index is 13.6. The second-order valence-electron chi connectivity index (χ2n) is 4.41. The van der Waals surface area contributed by atoms with Gasteiger partial charge >= 0.3 is 5.97 Å². The van der Waals surface area contributed by atoms with E-state index in [1.165, 1.54) is 21.0 Å². The fourth-order valence-electron chi connectivity index (χ4n) is 1.48. The van der Waals surface area contributed by atoms with Gasteiger partial charge in [-0.1, -0.05) is 0 Å². The van der Waals surface area contributed by atoms with Crippen molar-refractivity contribution in [2.75, 3.05) is 7.11 Å². The van der Waals surface area contributed by atoms with Crippen molar-refractivity contribution in [1.82, 2.24) is 0 Å². The van der Waals surface area contributed by atoms with Crippen LogP contribution in [-0.2, 0) is 11.2 Å². The molecule has 0 aliphatic heterocycles. The predicted molar refractivity (Wildman–Crippen MR) is 58.0 cm³/mol. The van der Waals surface area contributed by atoms with Gasteiger partial charge in [-0.05, 0) is 32.4 Å². The zero-order valence-corrected chi connectivity index (χ0v) is 9.88. The van der Waals surface area contributed by atoms with Crippen molar-refractivity contribution < 1.29 is 23.4 Å². The lowest BCUT2D eigenvalue weighted by atomic mass is 9.85. The van der Waals surface area contributed by atoms with Crippen LogP contribution in [0.2, 0.25) is 0 Å². The van der Waals surface area contributed by atoms with Gasteiger partial charge in [-0.3, -0.25) is 4.79 Å². The van der Waals surface area contributed by atoms with Gasteiger partial charge in [0.2, 0.25) is 0 Å². The van der Waals surface area contributed by atoms with Gasteiger partial charge in [0, 0.05) is 5.56 Å². The van der Waals surface area contributed by atoms with Gasteiger partial charge in [-0.2, -0.15) is 0 Å². The SMILES string of the molecule is COc1c(F)ccc(F)c1CC(C)(C)C(=O)O. The molecule has 5 heteroatoms. The fourth-order valence-corrected chi connectivity index (χ4v) is 1.48. The van der Waals surface area contributed by atoms with E-state index in [4.69, 9.17) is 9.84 Å². The minimum absolute atomic E-state index is 0.0556. The van der Waals surface area contributed by atoms with Gasteiger partial charge < -0.3 is 9.84 Å². The average Bonchev–Trinajstić information content (AvgIpc) is 2.23. The van der Waals surface area contributed by atoms with Crippen molar-refractivity contribution >= 4 is 5.97 Å². The van der Waals surface area contributed by atoms with E-state index in [0.717, 1.165) is 12.1 Å². The van der Waals surface area contributed by atoms with E-state index < -0.39 is 23.0 Å². The standard InChI is InChI=1S/C12H14F2O3/c1-12(2,11(15)16)6-7-8(13)4-5-9(14)10(7)17-3/h4-5H,6H2,1-3H3,(H,15,16). The monoisotopic (exact) mass is 244 g/mol. The Bertz CT molecular complexity index is 442. The summed E-state index contributed by atoms with van der Waals surface area (Å²) in [6.07, 6.45) is -0.144. The normalized spacial score (nSPS) is 11.4. The van der Waals surface area contributed by atoms with Crippen LogP contribution in [-0.4, -0.2) is 18.2 Å². The Hall–Kier alpha value is -1.65. The lowest BCUT2D eigenvalue weighted by molar-refractivity contribution is -0.146. The Balaban J connectivity index is 3.22. The Kier molecular flexibility index (Phi) is 3.70. The van der Waals surface area contributed by atoms with Crippen LogP contribution >= 0.6 is 0 Å². The number of halogens is 2. The molecule has 0 unspecified atom stereocenters. The molecule has 0 radical (unpaired) electrons. The van der Waals surface area contributed by atoms with Crippen molar-refractivity contribution in [1.29, 1.82) is 0 Å². The molecule has 3 nitrogen and oxygen atoms in total. The summed E-state index contributed by atoms with van der Waals surface area (Å²) in [7, 11) is 1.22. The van der Waals surface area contributed by atoms with Crippen molar-refractivity contribution in [3.05, 3.63) is 29.3 Å². The molecule has 1 rings (SSSR count). The van der Waals surface area contributed by atoms with E-state index in [0.29, 0.717) is 0 Å². The first-order valence-electron chi connectivity index (χ1n) is 5.04. The number of ether oxygens (including phenoxy) is 1. The van der Waals surface area contributed by atoms with E-state index in [2.05, 4.69) is 0 Å². The van der Waals surface area contributed by atoms with E-state index in [9.17, 15) is 13.6 Å². The highest BCUT2D eigenvalue weighted by molar-refractivity contribution is 5.74. The second-order valence-corrected chi connectivity index (χ2v) is 4.41. The molecule has 0 spiro atoms. The van der Waals surface area contributed by atoms with Crippen LogP contribution in [0.5, 0.6) is 5.75 Å². The molecular formula is C12H14F2O3. The lowest BCUT2D eigenvalue weighted by Crippen LogP contribution is -2.27. The summed E-state index contributed by atoms with van der Waals surface area (Å²) in [5.74, 6) is -2.69. The third kappa shape index (κ3) is 2.72. The molecule has 0 aliphatic rings. The highest BCUT2D eigenvalue weighted by Crippen LogP contribution is 2.32. The maximum Gasteiger partial charge on any atom is 0.309 e.